The number of aromatic nitrogens is 1. The third-order valence-corrected chi connectivity index (χ3v) is 3.65. The van der Waals surface area contributed by atoms with Gasteiger partial charge in [-0.3, -0.25) is 9.88 Å². The molecular formula is C16H20BrN3. The standard InChI is InChI=1S/C16H20BrN3/c1-12(2)20(10-13-4-3-5-16(18)7-13)11-14-6-15(17)9-19-8-14/h3-9,12H,10-11,18H2,1-2H3. The Balaban J connectivity index is 2.11. The summed E-state index contributed by atoms with van der Waals surface area (Å²) in [6, 6.07) is 10.6. The lowest BCUT2D eigenvalue weighted by molar-refractivity contribution is 0.203. The predicted molar refractivity (Wildman–Crippen MR) is 87.2 cm³/mol. The number of halogens is 1. The average molecular weight is 334 g/mol. The third kappa shape index (κ3) is 4.32. The molecular weight excluding hydrogens is 314 g/mol. The number of benzene rings is 1. The quantitative estimate of drug-likeness (QED) is 0.845. The van der Waals surface area contributed by atoms with Gasteiger partial charge in [-0.15, -0.1) is 0 Å². The van der Waals surface area contributed by atoms with Crippen molar-refractivity contribution in [1.82, 2.24) is 9.88 Å². The molecule has 1 heterocycles. The fourth-order valence-corrected chi connectivity index (χ4v) is 2.54. The molecule has 0 amide bonds. The molecule has 20 heavy (non-hydrogen) atoms. The second-order valence-electron chi connectivity index (χ2n) is 5.26. The van der Waals surface area contributed by atoms with Crippen molar-refractivity contribution < 1.29 is 0 Å². The summed E-state index contributed by atoms with van der Waals surface area (Å²) in [6.45, 7) is 6.17. The van der Waals surface area contributed by atoms with E-state index >= 15 is 0 Å². The van der Waals surface area contributed by atoms with Gasteiger partial charge in [0.2, 0.25) is 0 Å². The van der Waals surface area contributed by atoms with E-state index in [4.69, 9.17) is 5.73 Å². The second kappa shape index (κ2) is 6.86. The minimum absolute atomic E-state index is 0.454. The van der Waals surface area contributed by atoms with E-state index in [1.165, 1.54) is 11.1 Å². The van der Waals surface area contributed by atoms with Crippen LogP contribution in [0.2, 0.25) is 0 Å². The van der Waals surface area contributed by atoms with Crippen LogP contribution in [-0.4, -0.2) is 15.9 Å². The summed E-state index contributed by atoms with van der Waals surface area (Å²) in [5.74, 6) is 0. The zero-order chi connectivity index (χ0) is 14.5. The molecule has 0 saturated carbocycles. The van der Waals surface area contributed by atoms with Crippen LogP contribution in [0.4, 0.5) is 5.69 Å². The summed E-state index contributed by atoms with van der Waals surface area (Å²) in [5.41, 5.74) is 9.11. The van der Waals surface area contributed by atoms with Gasteiger partial charge in [0.15, 0.2) is 0 Å². The van der Waals surface area contributed by atoms with Gasteiger partial charge in [0.1, 0.15) is 0 Å². The Hall–Kier alpha value is -1.39. The third-order valence-electron chi connectivity index (χ3n) is 3.21. The first-order valence-corrected chi connectivity index (χ1v) is 7.52. The highest BCUT2D eigenvalue weighted by Crippen LogP contribution is 2.16. The average Bonchev–Trinajstić information content (AvgIpc) is 2.38. The minimum atomic E-state index is 0.454. The van der Waals surface area contributed by atoms with Gasteiger partial charge in [0, 0.05) is 41.7 Å². The molecule has 0 atom stereocenters. The first kappa shape index (κ1) is 15.0. The molecule has 2 rings (SSSR count). The Morgan fingerprint density at radius 1 is 1.15 bits per heavy atom. The largest absolute Gasteiger partial charge is 0.399 e. The van der Waals surface area contributed by atoms with E-state index in [-0.39, 0.29) is 0 Å². The van der Waals surface area contributed by atoms with Gasteiger partial charge in [-0.05, 0) is 59.1 Å². The van der Waals surface area contributed by atoms with Crippen molar-refractivity contribution in [3.8, 4) is 0 Å². The normalized spacial score (nSPS) is 11.2. The Morgan fingerprint density at radius 3 is 2.55 bits per heavy atom. The zero-order valence-corrected chi connectivity index (χ0v) is 13.5. The number of pyridine rings is 1. The lowest BCUT2D eigenvalue weighted by Gasteiger charge is -2.26. The van der Waals surface area contributed by atoms with Crippen molar-refractivity contribution >= 4 is 21.6 Å². The highest BCUT2D eigenvalue weighted by Gasteiger charge is 2.11. The van der Waals surface area contributed by atoms with Crippen LogP contribution in [0.3, 0.4) is 0 Å². The van der Waals surface area contributed by atoms with Crippen LogP contribution < -0.4 is 5.73 Å². The first-order valence-electron chi connectivity index (χ1n) is 6.72. The molecule has 4 heteroatoms. The molecule has 1 aromatic heterocycles. The van der Waals surface area contributed by atoms with Crippen molar-refractivity contribution in [1.29, 1.82) is 0 Å². The molecule has 0 spiro atoms. The lowest BCUT2D eigenvalue weighted by atomic mass is 10.1. The summed E-state index contributed by atoms with van der Waals surface area (Å²) in [7, 11) is 0. The summed E-state index contributed by atoms with van der Waals surface area (Å²) in [5, 5.41) is 0. The predicted octanol–water partition coefficient (Wildman–Crippen LogP) is 3.84. The topological polar surface area (TPSA) is 42.1 Å². The van der Waals surface area contributed by atoms with Crippen LogP contribution in [-0.2, 0) is 13.1 Å². The van der Waals surface area contributed by atoms with E-state index in [2.05, 4.69) is 51.8 Å². The molecule has 0 aliphatic rings. The molecule has 106 valence electrons. The minimum Gasteiger partial charge on any atom is -0.399 e. The van der Waals surface area contributed by atoms with Gasteiger partial charge in [-0.1, -0.05) is 12.1 Å². The van der Waals surface area contributed by atoms with Crippen LogP contribution in [0.15, 0.2) is 47.2 Å². The second-order valence-corrected chi connectivity index (χ2v) is 6.17. The van der Waals surface area contributed by atoms with E-state index in [9.17, 15) is 0 Å². The smallest absolute Gasteiger partial charge is 0.0410 e. The van der Waals surface area contributed by atoms with Crippen molar-refractivity contribution in [2.75, 3.05) is 5.73 Å². The van der Waals surface area contributed by atoms with Crippen molar-refractivity contribution in [2.24, 2.45) is 0 Å². The molecule has 0 bridgehead atoms. The number of hydrogen-bond donors (Lipinski definition) is 1. The lowest BCUT2D eigenvalue weighted by Crippen LogP contribution is -2.29. The van der Waals surface area contributed by atoms with E-state index in [0.29, 0.717) is 6.04 Å². The highest BCUT2D eigenvalue weighted by molar-refractivity contribution is 9.10. The molecule has 0 aliphatic heterocycles. The van der Waals surface area contributed by atoms with E-state index in [1.807, 2.05) is 24.4 Å². The van der Waals surface area contributed by atoms with Gasteiger partial charge in [-0.25, -0.2) is 0 Å². The Labute approximate surface area is 129 Å². The fourth-order valence-electron chi connectivity index (χ4n) is 2.12. The molecule has 0 saturated heterocycles. The summed E-state index contributed by atoms with van der Waals surface area (Å²) >= 11 is 3.47. The maximum atomic E-state index is 5.85. The Morgan fingerprint density at radius 2 is 1.90 bits per heavy atom. The molecule has 0 aliphatic carbocycles. The van der Waals surface area contributed by atoms with Crippen LogP contribution >= 0.6 is 15.9 Å². The van der Waals surface area contributed by atoms with Crippen LogP contribution in [0.5, 0.6) is 0 Å². The molecule has 0 radical (unpaired) electrons. The van der Waals surface area contributed by atoms with Gasteiger partial charge in [-0.2, -0.15) is 0 Å². The molecule has 2 aromatic rings. The van der Waals surface area contributed by atoms with Crippen molar-refractivity contribution in [3.63, 3.8) is 0 Å². The summed E-state index contributed by atoms with van der Waals surface area (Å²) < 4.78 is 1.02. The zero-order valence-electron chi connectivity index (χ0n) is 11.9. The number of anilines is 1. The van der Waals surface area contributed by atoms with Gasteiger partial charge in [0.05, 0.1) is 0 Å². The number of nitrogen functional groups attached to an aromatic ring is 1. The van der Waals surface area contributed by atoms with Crippen LogP contribution in [0.25, 0.3) is 0 Å². The van der Waals surface area contributed by atoms with E-state index in [0.717, 1.165) is 23.2 Å². The number of nitrogens with two attached hydrogens (primary N) is 1. The molecule has 0 unspecified atom stereocenters. The maximum absolute atomic E-state index is 5.85. The van der Waals surface area contributed by atoms with E-state index < -0.39 is 0 Å². The van der Waals surface area contributed by atoms with Crippen molar-refractivity contribution in [2.45, 2.75) is 33.0 Å². The van der Waals surface area contributed by atoms with Gasteiger partial charge >= 0.3 is 0 Å². The SMILES string of the molecule is CC(C)N(Cc1cccc(N)c1)Cc1cncc(Br)c1. The van der Waals surface area contributed by atoms with E-state index in [1.54, 1.807) is 6.20 Å². The molecule has 2 N–H and O–H groups in total. The fraction of sp³-hybridized carbons (Fsp3) is 0.312. The Bertz CT molecular complexity index is 522. The summed E-state index contributed by atoms with van der Waals surface area (Å²) in [6.07, 6.45) is 3.72. The van der Waals surface area contributed by atoms with Crippen LogP contribution in [0, 0.1) is 0 Å². The monoisotopic (exact) mass is 333 g/mol. The van der Waals surface area contributed by atoms with Gasteiger partial charge < -0.3 is 5.73 Å². The molecule has 3 nitrogen and oxygen atoms in total. The highest BCUT2D eigenvalue weighted by atomic mass is 79.9. The molecule has 1 aromatic carbocycles. The maximum Gasteiger partial charge on any atom is 0.0410 e. The number of rotatable bonds is 5. The number of hydrogen-bond acceptors (Lipinski definition) is 3. The molecule has 0 fully saturated rings. The number of nitrogens with zero attached hydrogens (tertiary/aromatic N) is 2. The van der Waals surface area contributed by atoms with Gasteiger partial charge in [0.25, 0.3) is 0 Å². The van der Waals surface area contributed by atoms with Crippen LogP contribution in [0.1, 0.15) is 25.0 Å². The first-order chi connectivity index (χ1) is 9.54. The van der Waals surface area contributed by atoms with Crippen molar-refractivity contribution in [3.05, 3.63) is 58.3 Å². The summed E-state index contributed by atoms with van der Waals surface area (Å²) in [4.78, 5) is 6.63. The Kier molecular flexibility index (Phi) is 5.15.